The third-order valence-corrected chi connectivity index (χ3v) is 5.67. The van der Waals surface area contributed by atoms with Crippen molar-refractivity contribution in [1.82, 2.24) is 18.9 Å². The third-order valence-electron chi connectivity index (χ3n) is 4.67. The number of nitrogens with zero attached hydrogens (tertiary/aromatic N) is 4. The number of fused-ring (bicyclic) bond motifs is 1. The molecule has 0 saturated heterocycles. The summed E-state index contributed by atoms with van der Waals surface area (Å²) < 4.78 is 3.66. The summed E-state index contributed by atoms with van der Waals surface area (Å²) in [5, 5.41) is 0.884. The minimum atomic E-state index is -0.0616. The second-order valence-corrected chi connectivity index (χ2v) is 7.55. The highest BCUT2D eigenvalue weighted by atomic mass is 32.2. The maximum absolute atomic E-state index is 12.3. The fourth-order valence-electron chi connectivity index (χ4n) is 3.04. The number of rotatable bonds is 4. The van der Waals surface area contributed by atoms with Gasteiger partial charge in [-0.2, -0.15) is 0 Å². The lowest BCUT2D eigenvalue weighted by atomic mass is 10.1. The molecular formula is C21H20N4OS. The molecule has 3 aromatic heterocycles. The maximum atomic E-state index is 12.3. The van der Waals surface area contributed by atoms with E-state index < -0.39 is 0 Å². The lowest BCUT2D eigenvalue weighted by Gasteiger charge is -2.12. The summed E-state index contributed by atoms with van der Waals surface area (Å²) in [7, 11) is 0. The van der Waals surface area contributed by atoms with Crippen molar-refractivity contribution in [3.05, 3.63) is 87.7 Å². The third kappa shape index (κ3) is 3.40. The van der Waals surface area contributed by atoms with Crippen LogP contribution in [0.5, 0.6) is 0 Å². The van der Waals surface area contributed by atoms with Crippen molar-refractivity contribution in [2.24, 2.45) is 0 Å². The van der Waals surface area contributed by atoms with Gasteiger partial charge in [0.25, 0.3) is 5.56 Å². The van der Waals surface area contributed by atoms with E-state index >= 15 is 0 Å². The van der Waals surface area contributed by atoms with Crippen molar-refractivity contribution >= 4 is 17.4 Å². The van der Waals surface area contributed by atoms with Crippen molar-refractivity contribution in [3.8, 4) is 5.69 Å². The second kappa shape index (κ2) is 7.04. The average molecular weight is 376 g/mol. The monoisotopic (exact) mass is 376 g/mol. The van der Waals surface area contributed by atoms with E-state index in [1.54, 1.807) is 34.6 Å². The molecule has 0 radical (unpaired) electrons. The highest BCUT2D eigenvalue weighted by Crippen LogP contribution is 2.26. The average Bonchev–Trinajstić information content (AvgIpc) is 3.10. The summed E-state index contributed by atoms with van der Waals surface area (Å²) in [5.74, 6) is 0.585. The van der Waals surface area contributed by atoms with Gasteiger partial charge in [-0.15, -0.1) is 0 Å². The Bertz CT molecular complexity index is 1190. The highest BCUT2D eigenvalue weighted by Gasteiger charge is 2.11. The summed E-state index contributed by atoms with van der Waals surface area (Å²) in [6.45, 7) is 6.22. The maximum Gasteiger partial charge on any atom is 0.258 e. The number of thioether (sulfide) groups is 1. The van der Waals surface area contributed by atoms with Gasteiger partial charge >= 0.3 is 0 Å². The first-order valence-electron chi connectivity index (χ1n) is 8.74. The quantitative estimate of drug-likeness (QED) is 0.503. The number of imidazole rings is 1. The van der Waals surface area contributed by atoms with Crippen molar-refractivity contribution in [2.45, 2.75) is 31.7 Å². The van der Waals surface area contributed by atoms with E-state index in [2.05, 4.69) is 46.6 Å². The van der Waals surface area contributed by atoms with Crippen LogP contribution in [-0.2, 0) is 5.75 Å². The first-order valence-corrected chi connectivity index (χ1v) is 9.73. The first-order chi connectivity index (χ1) is 13.0. The summed E-state index contributed by atoms with van der Waals surface area (Å²) >= 11 is 1.58. The molecule has 0 N–H and O–H groups in total. The number of pyridine rings is 1. The fourth-order valence-corrected chi connectivity index (χ4v) is 3.90. The number of hydrogen-bond acceptors (Lipinski definition) is 4. The summed E-state index contributed by atoms with van der Waals surface area (Å²) in [4.78, 5) is 21.5. The molecular weight excluding hydrogens is 356 g/mol. The molecule has 0 atom stereocenters. The van der Waals surface area contributed by atoms with E-state index in [1.807, 2.05) is 25.3 Å². The molecule has 0 bridgehead atoms. The van der Waals surface area contributed by atoms with Crippen molar-refractivity contribution in [2.75, 3.05) is 0 Å². The van der Waals surface area contributed by atoms with Crippen LogP contribution in [0.3, 0.4) is 0 Å². The Balaban J connectivity index is 1.64. The Morgan fingerprint density at radius 2 is 1.93 bits per heavy atom. The predicted octanol–water partition coefficient (Wildman–Crippen LogP) is 4.10. The second-order valence-electron chi connectivity index (χ2n) is 6.61. The summed E-state index contributed by atoms with van der Waals surface area (Å²) in [6.07, 6.45) is 5.54. The molecule has 0 unspecified atom stereocenters. The Morgan fingerprint density at radius 1 is 1.07 bits per heavy atom. The van der Waals surface area contributed by atoms with E-state index in [4.69, 9.17) is 0 Å². The van der Waals surface area contributed by atoms with Crippen LogP contribution in [0.25, 0.3) is 11.3 Å². The van der Waals surface area contributed by atoms with Gasteiger partial charge < -0.3 is 0 Å². The zero-order valence-corrected chi connectivity index (χ0v) is 16.3. The van der Waals surface area contributed by atoms with E-state index in [0.717, 1.165) is 22.1 Å². The molecule has 4 rings (SSSR count). The van der Waals surface area contributed by atoms with E-state index in [9.17, 15) is 4.79 Å². The minimum absolute atomic E-state index is 0.0616. The Labute approximate surface area is 161 Å². The zero-order chi connectivity index (χ0) is 19.0. The van der Waals surface area contributed by atoms with Crippen molar-refractivity contribution in [1.29, 1.82) is 0 Å². The van der Waals surface area contributed by atoms with Gasteiger partial charge in [0.05, 0.1) is 11.4 Å². The number of hydrogen-bond donors (Lipinski definition) is 0. The highest BCUT2D eigenvalue weighted by molar-refractivity contribution is 7.98. The molecule has 6 heteroatoms. The zero-order valence-electron chi connectivity index (χ0n) is 15.5. The summed E-state index contributed by atoms with van der Waals surface area (Å²) in [5.41, 5.74) is 6.05. The Hall–Kier alpha value is -2.86. The lowest BCUT2D eigenvalue weighted by Crippen LogP contribution is -2.15. The van der Waals surface area contributed by atoms with Crippen LogP contribution < -0.4 is 5.56 Å². The molecule has 136 valence electrons. The number of aromatic nitrogens is 4. The molecule has 5 nitrogen and oxygen atoms in total. The standard InChI is InChI=1S/C21H20N4OS/c1-14-7-9-25-19(11-14)23-17(12-20(25)26)13-27-21-22-8-10-24(21)18-6-4-5-15(2)16(18)3/h4-12H,13H2,1-3H3. The first kappa shape index (κ1) is 17.5. The van der Waals surface area contributed by atoms with Gasteiger partial charge in [-0.05, 0) is 55.7 Å². The van der Waals surface area contributed by atoms with Crippen LogP contribution in [0.4, 0.5) is 0 Å². The van der Waals surface area contributed by atoms with Gasteiger partial charge in [0, 0.05) is 30.4 Å². The molecule has 0 fully saturated rings. The van der Waals surface area contributed by atoms with Crippen LogP contribution in [-0.4, -0.2) is 18.9 Å². The molecule has 0 spiro atoms. The summed E-state index contributed by atoms with van der Waals surface area (Å²) in [6, 6.07) is 11.7. The fraction of sp³-hybridized carbons (Fsp3) is 0.190. The normalized spacial score (nSPS) is 11.2. The topological polar surface area (TPSA) is 52.2 Å². The molecule has 0 aliphatic rings. The van der Waals surface area contributed by atoms with Crippen LogP contribution in [0.15, 0.2) is 64.9 Å². The Kier molecular flexibility index (Phi) is 4.58. The van der Waals surface area contributed by atoms with Gasteiger partial charge in [0.15, 0.2) is 5.16 Å². The lowest BCUT2D eigenvalue weighted by molar-refractivity contribution is 0.884. The minimum Gasteiger partial charge on any atom is -0.295 e. The molecule has 0 saturated carbocycles. The molecule has 1 aromatic carbocycles. The van der Waals surface area contributed by atoms with Crippen molar-refractivity contribution in [3.63, 3.8) is 0 Å². The predicted molar refractivity (Wildman–Crippen MR) is 109 cm³/mol. The van der Waals surface area contributed by atoms with Gasteiger partial charge in [-0.3, -0.25) is 13.8 Å². The van der Waals surface area contributed by atoms with Crippen molar-refractivity contribution < 1.29 is 0 Å². The van der Waals surface area contributed by atoms with Crippen LogP contribution in [0.1, 0.15) is 22.4 Å². The van der Waals surface area contributed by atoms with Crippen LogP contribution in [0.2, 0.25) is 0 Å². The SMILES string of the molecule is Cc1ccn2c(=O)cc(CSc3nccn3-c3cccc(C)c3C)nc2c1. The Morgan fingerprint density at radius 3 is 2.78 bits per heavy atom. The van der Waals surface area contributed by atoms with Gasteiger partial charge in [-0.25, -0.2) is 9.97 Å². The molecule has 3 heterocycles. The largest absolute Gasteiger partial charge is 0.295 e. The molecule has 0 amide bonds. The van der Waals surface area contributed by atoms with Gasteiger partial charge in [-0.1, -0.05) is 23.9 Å². The van der Waals surface area contributed by atoms with E-state index in [1.165, 1.54) is 11.1 Å². The van der Waals surface area contributed by atoms with E-state index in [0.29, 0.717) is 11.4 Å². The van der Waals surface area contributed by atoms with Gasteiger partial charge in [0.2, 0.25) is 0 Å². The van der Waals surface area contributed by atoms with E-state index in [-0.39, 0.29) is 5.56 Å². The number of benzene rings is 1. The van der Waals surface area contributed by atoms with Crippen LogP contribution >= 0.6 is 11.8 Å². The van der Waals surface area contributed by atoms with Crippen LogP contribution in [0, 0.1) is 20.8 Å². The molecule has 0 aliphatic heterocycles. The molecule has 0 aliphatic carbocycles. The molecule has 4 aromatic rings. The smallest absolute Gasteiger partial charge is 0.258 e. The number of aryl methyl sites for hydroxylation is 2. The molecule has 27 heavy (non-hydrogen) atoms. The van der Waals surface area contributed by atoms with Gasteiger partial charge in [0.1, 0.15) is 5.65 Å².